The molecule has 10 nitrogen and oxygen atoms in total. The van der Waals surface area contributed by atoms with Gasteiger partial charge in [-0.05, 0) is 67.8 Å². The Morgan fingerprint density at radius 3 is 2.15 bits per heavy atom. The predicted molar refractivity (Wildman–Crippen MR) is 176 cm³/mol. The molecule has 236 valence electrons. The highest BCUT2D eigenvalue weighted by atomic mass is 16.7. The number of nitrogens with zero attached hydrogens (tertiary/aromatic N) is 2. The van der Waals surface area contributed by atoms with Crippen molar-refractivity contribution in [1.29, 1.82) is 0 Å². The number of fused-ring (bicyclic) bond motifs is 1. The number of rotatable bonds is 9. The summed E-state index contributed by atoms with van der Waals surface area (Å²) in [7, 11) is 2.61. The molecule has 0 aliphatic carbocycles. The van der Waals surface area contributed by atoms with Crippen molar-refractivity contribution in [3.63, 3.8) is 0 Å². The van der Waals surface area contributed by atoms with Crippen molar-refractivity contribution < 1.29 is 28.8 Å². The number of para-hydroxylation sites is 2. The van der Waals surface area contributed by atoms with E-state index in [0.717, 1.165) is 12.7 Å². The van der Waals surface area contributed by atoms with Crippen LogP contribution >= 0.6 is 0 Å². The number of carbonyl (C=O) groups excluding carboxylic acids is 4. The molecule has 0 saturated heterocycles. The maximum absolute atomic E-state index is 14.9. The fraction of sp³-hybridized carbons (Fsp3) is 0.222. The van der Waals surface area contributed by atoms with E-state index in [1.807, 2.05) is 51.1 Å². The van der Waals surface area contributed by atoms with Crippen LogP contribution in [-0.4, -0.2) is 54.6 Å². The molecule has 4 aromatic carbocycles. The zero-order valence-electron chi connectivity index (χ0n) is 26.4. The lowest BCUT2D eigenvalue weighted by Crippen LogP contribution is -2.62. The van der Waals surface area contributed by atoms with Gasteiger partial charge in [0.05, 0.1) is 30.9 Å². The Balaban J connectivity index is 1.73. The van der Waals surface area contributed by atoms with Crippen LogP contribution in [-0.2, 0) is 35.2 Å². The molecule has 10 heteroatoms. The molecule has 0 radical (unpaired) electrons. The maximum Gasteiger partial charge on any atom is 0.305 e. The normalized spacial score (nSPS) is 16.0. The number of carbonyl (C=O) groups is 4. The van der Waals surface area contributed by atoms with Gasteiger partial charge in [-0.1, -0.05) is 66.7 Å². The van der Waals surface area contributed by atoms with E-state index in [1.165, 1.54) is 17.1 Å². The third-order valence-corrected chi connectivity index (χ3v) is 7.89. The van der Waals surface area contributed by atoms with E-state index in [0.29, 0.717) is 33.8 Å². The molecule has 4 amide bonds. The lowest BCUT2D eigenvalue weighted by atomic mass is 9.91. The second kappa shape index (κ2) is 13.4. The Bertz CT molecular complexity index is 1780. The van der Waals surface area contributed by atoms with Gasteiger partial charge in [0.15, 0.2) is 0 Å². The Morgan fingerprint density at radius 2 is 1.52 bits per heavy atom. The van der Waals surface area contributed by atoms with Crippen LogP contribution in [0.15, 0.2) is 97.1 Å². The second-order valence-corrected chi connectivity index (χ2v) is 11.1. The molecule has 1 unspecified atom stereocenters. The van der Waals surface area contributed by atoms with Gasteiger partial charge in [-0.2, -0.15) is 0 Å². The lowest BCUT2D eigenvalue weighted by Gasteiger charge is -2.32. The summed E-state index contributed by atoms with van der Waals surface area (Å²) in [6.45, 7) is 5.60. The molecule has 0 saturated carbocycles. The minimum absolute atomic E-state index is 0.0123. The van der Waals surface area contributed by atoms with Crippen molar-refractivity contribution in [2.75, 3.05) is 29.8 Å². The van der Waals surface area contributed by atoms with Crippen LogP contribution in [0.5, 0.6) is 0 Å². The van der Waals surface area contributed by atoms with Crippen LogP contribution < -0.4 is 15.5 Å². The fourth-order valence-electron chi connectivity index (χ4n) is 5.73. The first kappa shape index (κ1) is 32.1. The standard InChI is InChI=1S/C36H36N4O6/c1-23(2)40(46-5)30(41)22-25-14-12-13-19-28(25)31-24(3)20-21-29-32(31)39(27-17-10-7-11-18-27)35(44)36(45-4,34(43)38-29)33(42)37-26-15-8-6-9-16-26/h6-21,23H,22H2,1-5H3,(H,37,42)(H,38,43). The van der Waals surface area contributed by atoms with Crippen molar-refractivity contribution in [2.24, 2.45) is 0 Å². The number of benzene rings is 4. The average Bonchev–Trinajstić information content (AvgIpc) is 3.14. The van der Waals surface area contributed by atoms with Crippen LogP contribution in [0.25, 0.3) is 11.1 Å². The third kappa shape index (κ3) is 5.76. The van der Waals surface area contributed by atoms with Crippen LogP contribution in [0, 0.1) is 6.92 Å². The average molecular weight is 621 g/mol. The van der Waals surface area contributed by atoms with Gasteiger partial charge in [-0.25, -0.2) is 5.06 Å². The van der Waals surface area contributed by atoms with Gasteiger partial charge >= 0.3 is 5.60 Å². The van der Waals surface area contributed by atoms with Crippen molar-refractivity contribution in [3.05, 3.63) is 108 Å². The van der Waals surface area contributed by atoms with Crippen LogP contribution in [0.2, 0.25) is 0 Å². The number of hydrogen-bond acceptors (Lipinski definition) is 6. The molecule has 2 N–H and O–H groups in total. The van der Waals surface area contributed by atoms with Crippen molar-refractivity contribution in [3.8, 4) is 11.1 Å². The van der Waals surface area contributed by atoms with Gasteiger partial charge in [-0.3, -0.25) is 28.9 Å². The Kier molecular flexibility index (Phi) is 9.31. The summed E-state index contributed by atoms with van der Waals surface area (Å²) in [6.07, 6.45) is 0.0123. The highest BCUT2D eigenvalue weighted by Gasteiger charge is 2.58. The molecule has 5 rings (SSSR count). The van der Waals surface area contributed by atoms with E-state index in [9.17, 15) is 19.2 Å². The molecule has 1 aliphatic heterocycles. The number of hydrogen-bond donors (Lipinski definition) is 2. The number of amides is 4. The van der Waals surface area contributed by atoms with E-state index in [1.54, 1.807) is 66.7 Å². The minimum Gasteiger partial charge on any atom is -0.352 e. The zero-order chi connectivity index (χ0) is 33.0. The first-order valence-corrected chi connectivity index (χ1v) is 14.8. The smallest absolute Gasteiger partial charge is 0.305 e. The highest BCUT2D eigenvalue weighted by molar-refractivity contribution is 6.38. The summed E-state index contributed by atoms with van der Waals surface area (Å²) in [4.78, 5) is 62.9. The number of anilines is 4. The monoisotopic (exact) mass is 620 g/mol. The summed E-state index contributed by atoms with van der Waals surface area (Å²) in [5.41, 5.74) is 1.55. The van der Waals surface area contributed by atoms with E-state index in [2.05, 4.69) is 10.6 Å². The predicted octanol–water partition coefficient (Wildman–Crippen LogP) is 5.64. The van der Waals surface area contributed by atoms with Gasteiger partial charge in [0.2, 0.25) is 0 Å². The quantitative estimate of drug-likeness (QED) is 0.185. The first-order valence-electron chi connectivity index (χ1n) is 14.8. The third-order valence-electron chi connectivity index (χ3n) is 7.89. The first-order chi connectivity index (χ1) is 22.1. The van der Waals surface area contributed by atoms with Gasteiger partial charge in [0, 0.05) is 24.0 Å². The topological polar surface area (TPSA) is 117 Å². The van der Waals surface area contributed by atoms with E-state index in [4.69, 9.17) is 9.57 Å². The van der Waals surface area contributed by atoms with Crippen molar-refractivity contribution in [1.82, 2.24) is 5.06 Å². The lowest BCUT2D eigenvalue weighted by molar-refractivity contribution is -0.184. The highest BCUT2D eigenvalue weighted by Crippen LogP contribution is 2.47. The number of methoxy groups -OCH3 is 1. The Hall–Kier alpha value is -5.32. The number of hydroxylamine groups is 2. The van der Waals surface area contributed by atoms with Gasteiger partial charge < -0.3 is 15.4 Å². The Morgan fingerprint density at radius 1 is 0.891 bits per heavy atom. The van der Waals surface area contributed by atoms with Crippen LogP contribution in [0.3, 0.4) is 0 Å². The summed E-state index contributed by atoms with van der Waals surface area (Å²) >= 11 is 0. The molecule has 0 bridgehead atoms. The molecular formula is C36H36N4O6. The summed E-state index contributed by atoms with van der Waals surface area (Å²) in [5.74, 6) is -3.05. The van der Waals surface area contributed by atoms with E-state index < -0.39 is 23.3 Å². The van der Waals surface area contributed by atoms with Crippen LogP contribution in [0.1, 0.15) is 25.0 Å². The van der Waals surface area contributed by atoms with Crippen LogP contribution in [0.4, 0.5) is 22.7 Å². The summed E-state index contributed by atoms with van der Waals surface area (Å²) in [5, 5.41) is 6.81. The number of aryl methyl sites for hydroxylation is 1. The SMILES string of the molecule is CON(C(=O)Cc1ccccc1-c1c(C)ccc2c1N(c1ccccc1)C(=O)C(OC)(C(=O)Nc1ccccc1)C(=O)N2)C(C)C. The molecule has 1 heterocycles. The summed E-state index contributed by atoms with van der Waals surface area (Å²) < 4.78 is 5.63. The van der Waals surface area contributed by atoms with Crippen molar-refractivity contribution in [2.45, 2.75) is 38.8 Å². The molecule has 1 atom stereocenters. The molecular weight excluding hydrogens is 584 g/mol. The number of ether oxygens (including phenoxy) is 1. The van der Waals surface area contributed by atoms with Gasteiger partial charge in [0.1, 0.15) is 0 Å². The van der Waals surface area contributed by atoms with Gasteiger partial charge in [0.25, 0.3) is 23.6 Å². The van der Waals surface area contributed by atoms with Gasteiger partial charge in [-0.15, -0.1) is 0 Å². The molecule has 46 heavy (non-hydrogen) atoms. The molecule has 0 aromatic heterocycles. The van der Waals surface area contributed by atoms with E-state index in [-0.39, 0.29) is 24.1 Å². The maximum atomic E-state index is 14.9. The summed E-state index contributed by atoms with van der Waals surface area (Å²) in [6, 6.07) is 28.0. The van der Waals surface area contributed by atoms with E-state index >= 15 is 0 Å². The number of nitrogens with one attached hydrogen (secondary N) is 2. The zero-order valence-corrected chi connectivity index (χ0v) is 26.4. The fourth-order valence-corrected chi connectivity index (χ4v) is 5.73. The largest absolute Gasteiger partial charge is 0.352 e. The Labute approximate surface area is 267 Å². The van der Waals surface area contributed by atoms with Crippen molar-refractivity contribution >= 4 is 46.4 Å². The molecule has 4 aromatic rings. The molecule has 0 fully saturated rings. The second-order valence-electron chi connectivity index (χ2n) is 11.1. The molecule has 0 spiro atoms. The molecule has 1 aliphatic rings. The minimum atomic E-state index is -2.60.